The maximum absolute atomic E-state index is 13.7. The van der Waals surface area contributed by atoms with Crippen molar-refractivity contribution in [2.24, 2.45) is 0 Å². The normalized spacial score (nSPS) is 10.1. The SMILES string of the molecule is CCCCCOc1ccc(C#Cc2ccc(C#Cc3c(F)c(F)c(F)c(F)c3F)cc2)cc1. The Kier molecular flexibility index (Phi) is 8.11. The van der Waals surface area contributed by atoms with Crippen LogP contribution in [0, 0.1) is 52.8 Å². The van der Waals surface area contributed by atoms with Gasteiger partial charge in [0.05, 0.1) is 6.61 Å². The molecule has 168 valence electrons. The molecule has 3 aromatic carbocycles. The Labute approximate surface area is 189 Å². The molecule has 0 bridgehead atoms. The van der Waals surface area contributed by atoms with Crippen molar-refractivity contribution in [2.45, 2.75) is 26.2 Å². The first-order valence-corrected chi connectivity index (χ1v) is 10.3. The van der Waals surface area contributed by atoms with Crippen molar-refractivity contribution in [1.29, 1.82) is 0 Å². The zero-order chi connectivity index (χ0) is 23.8. The zero-order valence-electron chi connectivity index (χ0n) is 17.7. The largest absolute Gasteiger partial charge is 0.494 e. The molecule has 0 saturated heterocycles. The highest BCUT2D eigenvalue weighted by Crippen LogP contribution is 2.22. The van der Waals surface area contributed by atoms with Gasteiger partial charge in [0.1, 0.15) is 11.3 Å². The fourth-order valence-electron chi connectivity index (χ4n) is 2.81. The molecule has 0 fully saturated rings. The Bertz CT molecular complexity index is 1210. The van der Waals surface area contributed by atoms with Crippen molar-refractivity contribution >= 4 is 0 Å². The van der Waals surface area contributed by atoms with E-state index in [9.17, 15) is 22.0 Å². The van der Waals surface area contributed by atoms with Gasteiger partial charge < -0.3 is 4.74 Å². The van der Waals surface area contributed by atoms with E-state index in [2.05, 4.69) is 24.7 Å². The molecule has 0 amide bonds. The van der Waals surface area contributed by atoms with E-state index >= 15 is 0 Å². The van der Waals surface area contributed by atoms with Gasteiger partial charge in [-0.25, -0.2) is 22.0 Å². The first-order valence-electron chi connectivity index (χ1n) is 10.3. The number of hydrogen-bond donors (Lipinski definition) is 0. The molecule has 0 radical (unpaired) electrons. The van der Waals surface area contributed by atoms with E-state index in [1.807, 2.05) is 30.2 Å². The van der Waals surface area contributed by atoms with Gasteiger partial charge in [0.25, 0.3) is 0 Å². The minimum atomic E-state index is -2.22. The maximum Gasteiger partial charge on any atom is 0.200 e. The topological polar surface area (TPSA) is 9.23 Å². The lowest BCUT2D eigenvalue weighted by atomic mass is 10.1. The summed E-state index contributed by atoms with van der Waals surface area (Å²) in [5.74, 6) is 1.01. The van der Waals surface area contributed by atoms with Crippen LogP contribution >= 0.6 is 0 Å². The van der Waals surface area contributed by atoms with Crippen LogP contribution < -0.4 is 4.74 Å². The predicted octanol–water partition coefficient (Wildman–Crippen LogP) is 6.75. The fraction of sp³-hybridized carbons (Fsp3) is 0.185. The van der Waals surface area contributed by atoms with Crippen LogP contribution in [0.25, 0.3) is 0 Å². The van der Waals surface area contributed by atoms with Crippen molar-refractivity contribution < 1.29 is 26.7 Å². The summed E-state index contributed by atoms with van der Waals surface area (Å²) in [6.07, 6.45) is 3.28. The molecule has 33 heavy (non-hydrogen) atoms. The van der Waals surface area contributed by atoms with Crippen LogP contribution in [0.3, 0.4) is 0 Å². The van der Waals surface area contributed by atoms with E-state index in [0.717, 1.165) is 30.6 Å². The molecule has 0 heterocycles. The molecule has 0 aliphatic rings. The van der Waals surface area contributed by atoms with Gasteiger partial charge in [-0.2, -0.15) is 0 Å². The predicted molar refractivity (Wildman–Crippen MR) is 116 cm³/mol. The van der Waals surface area contributed by atoms with Crippen LogP contribution in [0.15, 0.2) is 48.5 Å². The standard InChI is InChI=1S/C27H19F5O/c1-2-3-4-17-33-21-14-11-20(12-15-21)10-7-18-5-8-19(9-6-18)13-16-22-23(28)25(30)27(32)26(31)24(22)29/h5-6,8-9,11-12,14-15H,2-4,17H2,1H3. The van der Waals surface area contributed by atoms with Crippen molar-refractivity contribution in [3.8, 4) is 29.4 Å². The smallest absolute Gasteiger partial charge is 0.200 e. The second kappa shape index (κ2) is 11.2. The van der Waals surface area contributed by atoms with Crippen LogP contribution in [-0.2, 0) is 0 Å². The second-order valence-corrected chi connectivity index (χ2v) is 7.10. The van der Waals surface area contributed by atoms with Gasteiger partial charge in [0.15, 0.2) is 23.3 Å². The van der Waals surface area contributed by atoms with Crippen LogP contribution in [0.5, 0.6) is 5.75 Å². The molecule has 6 heteroatoms. The molecule has 3 rings (SSSR count). The van der Waals surface area contributed by atoms with E-state index in [1.165, 1.54) is 12.1 Å². The minimum Gasteiger partial charge on any atom is -0.494 e. The zero-order valence-corrected chi connectivity index (χ0v) is 17.7. The third-order valence-corrected chi connectivity index (χ3v) is 4.65. The Hall–Kier alpha value is -3.77. The van der Waals surface area contributed by atoms with Crippen molar-refractivity contribution in [3.05, 3.63) is 99.9 Å². The van der Waals surface area contributed by atoms with Crippen LogP contribution in [-0.4, -0.2) is 6.61 Å². The number of ether oxygens (including phenoxy) is 1. The van der Waals surface area contributed by atoms with Gasteiger partial charge in [-0.05, 0) is 55.0 Å². The molecular weight excluding hydrogens is 435 g/mol. The molecule has 3 aromatic rings. The summed E-state index contributed by atoms with van der Waals surface area (Å²) in [7, 11) is 0. The van der Waals surface area contributed by atoms with E-state index in [-0.39, 0.29) is 0 Å². The first-order chi connectivity index (χ1) is 15.9. The third kappa shape index (κ3) is 6.14. The van der Waals surface area contributed by atoms with Crippen molar-refractivity contribution in [1.82, 2.24) is 0 Å². The first kappa shape index (κ1) is 23.9. The molecule has 1 nitrogen and oxygen atoms in total. The monoisotopic (exact) mass is 454 g/mol. The average Bonchev–Trinajstić information content (AvgIpc) is 2.84. The highest BCUT2D eigenvalue weighted by molar-refractivity contribution is 5.49. The van der Waals surface area contributed by atoms with Crippen LogP contribution in [0.2, 0.25) is 0 Å². The van der Waals surface area contributed by atoms with Crippen molar-refractivity contribution in [3.63, 3.8) is 0 Å². The van der Waals surface area contributed by atoms with Crippen LogP contribution in [0.4, 0.5) is 22.0 Å². The van der Waals surface area contributed by atoms with E-state index < -0.39 is 34.6 Å². The fourth-order valence-corrected chi connectivity index (χ4v) is 2.81. The molecule has 0 aliphatic carbocycles. The second-order valence-electron chi connectivity index (χ2n) is 7.10. The molecule has 0 N–H and O–H groups in total. The molecule has 0 aliphatic heterocycles. The lowest BCUT2D eigenvalue weighted by molar-refractivity contribution is 0.306. The lowest BCUT2D eigenvalue weighted by Gasteiger charge is -2.05. The van der Waals surface area contributed by atoms with Gasteiger partial charge in [0.2, 0.25) is 5.82 Å². The molecular formula is C27H19F5O. The van der Waals surface area contributed by atoms with E-state index in [4.69, 9.17) is 4.74 Å². The summed E-state index contributed by atoms with van der Waals surface area (Å²) in [5, 5.41) is 0. The van der Waals surface area contributed by atoms with Gasteiger partial charge >= 0.3 is 0 Å². The third-order valence-electron chi connectivity index (χ3n) is 4.65. The Morgan fingerprint density at radius 2 is 1.00 bits per heavy atom. The number of rotatable bonds is 5. The summed E-state index contributed by atoms with van der Waals surface area (Å²) < 4.78 is 72.7. The Morgan fingerprint density at radius 3 is 1.48 bits per heavy atom. The van der Waals surface area contributed by atoms with E-state index in [1.54, 1.807) is 12.1 Å². The minimum absolute atomic E-state index is 0.328. The summed E-state index contributed by atoms with van der Waals surface area (Å²) in [6.45, 7) is 2.81. The maximum atomic E-state index is 13.7. The lowest BCUT2D eigenvalue weighted by Crippen LogP contribution is -2.04. The highest BCUT2D eigenvalue weighted by atomic mass is 19.2. The molecule has 0 saturated carbocycles. The molecule has 0 aromatic heterocycles. The summed E-state index contributed by atoms with van der Waals surface area (Å²) >= 11 is 0. The van der Waals surface area contributed by atoms with E-state index in [0.29, 0.717) is 17.7 Å². The number of benzene rings is 3. The average molecular weight is 454 g/mol. The molecule has 0 atom stereocenters. The van der Waals surface area contributed by atoms with Crippen molar-refractivity contribution in [2.75, 3.05) is 6.61 Å². The van der Waals surface area contributed by atoms with Gasteiger partial charge in [-0.15, -0.1) is 0 Å². The quantitative estimate of drug-likeness (QED) is 0.136. The van der Waals surface area contributed by atoms with Gasteiger partial charge in [0, 0.05) is 16.7 Å². The number of unbranched alkanes of at least 4 members (excludes halogenated alkanes) is 2. The number of halogens is 5. The summed E-state index contributed by atoms with van der Waals surface area (Å²) in [4.78, 5) is 0. The highest BCUT2D eigenvalue weighted by Gasteiger charge is 2.24. The summed E-state index contributed by atoms with van der Waals surface area (Å²) in [6, 6.07) is 13.8. The van der Waals surface area contributed by atoms with Gasteiger partial charge in [-0.1, -0.05) is 43.4 Å². The number of hydrogen-bond acceptors (Lipinski definition) is 1. The molecule has 0 unspecified atom stereocenters. The Morgan fingerprint density at radius 1 is 0.576 bits per heavy atom. The van der Waals surface area contributed by atoms with Gasteiger partial charge in [-0.3, -0.25) is 0 Å². The molecule has 0 spiro atoms. The summed E-state index contributed by atoms with van der Waals surface area (Å²) in [5.41, 5.74) is 0.616. The Balaban J connectivity index is 1.68. The van der Waals surface area contributed by atoms with Crippen LogP contribution in [0.1, 0.15) is 48.4 Å².